The summed E-state index contributed by atoms with van der Waals surface area (Å²) in [5.74, 6) is 3.68. The highest BCUT2D eigenvalue weighted by molar-refractivity contribution is 6.30. The molecule has 1 nitrogen and oxygen atoms in total. The number of benzene rings is 1. The van der Waals surface area contributed by atoms with Crippen LogP contribution in [-0.4, -0.2) is 6.61 Å². The molecule has 0 saturated heterocycles. The largest absolute Gasteiger partial charge is 0.481 e. The second-order valence-electron chi connectivity index (χ2n) is 3.66. The molecule has 1 aliphatic carbocycles. The van der Waals surface area contributed by atoms with Crippen LogP contribution in [0.1, 0.15) is 24.0 Å². The smallest absolute Gasteiger partial charge is 0.150 e. The summed E-state index contributed by atoms with van der Waals surface area (Å²) in [6.45, 7) is 0.375. The normalized spacial score (nSPS) is 13.7. The lowest BCUT2D eigenvalue weighted by atomic mass is 9.91. The first-order valence-electron chi connectivity index (χ1n) is 5.24. The van der Waals surface area contributed by atoms with Crippen LogP contribution in [0.5, 0.6) is 5.75 Å². The van der Waals surface area contributed by atoms with E-state index in [0.29, 0.717) is 6.61 Å². The van der Waals surface area contributed by atoms with Crippen molar-refractivity contribution in [2.75, 3.05) is 6.61 Å². The maximum atomic E-state index is 5.59. The van der Waals surface area contributed by atoms with E-state index in [2.05, 4.69) is 17.4 Å². The third kappa shape index (κ3) is 2.46. The summed E-state index contributed by atoms with van der Waals surface area (Å²) in [6, 6.07) is 6.25. The SMILES string of the molecule is ClC#CCOc1cccc2c1CCCC2. The maximum Gasteiger partial charge on any atom is 0.150 e. The molecule has 0 unspecified atom stereocenters. The van der Waals surface area contributed by atoms with E-state index < -0.39 is 0 Å². The van der Waals surface area contributed by atoms with E-state index in [4.69, 9.17) is 16.3 Å². The van der Waals surface area contributed by atoms with Gasteiger partial charge in [0.25, 0.3) is 0 Å². The van der Waals surface area contributed by atoms with Crippen LogP contribution in [0.2, 0.25) is 0 Å². The van der Waals surface area contributed by atoms with Crippen molar-refractivity contribution in [3.63, 3.8) is 0 Å². The van der Waals surface area contributed by atoms with Crippen LogP contribution in [0.15, 0.2) is 18.2 Å². The number of ether oxygens (including phenoxy) is 1. The molecule has 0 amide bonds. The fourth-order valence-electron chi connectivity index (χ4n) is 2.02. The van der Waals surface area contributed by atoms with E-state index in [-0.39, 0.29) is 0 Å². The van der Waals surface area contributed by atoms with Crippen molar-refractivity contribution in [2.45, 2.75) is 25.7 Å². The van der Waals surface area contributed by atoms with Gasteiger partial charge in [-0.1, -0.05) is 12.1 Å². The van der Waals surface area contributed by atoms with Crippen LogP contribution in [0, 0.1) is 11.3 Å². The standard InChI is InChI=1S/C13H13ClO/c14-9-4-10-15-13-8-3-6-11-5-1-2-7-12(11)13/h3,6,8H,1-2,5,7,10H2. The van der Waals surface area contributed by atoms with Crippen molar-refractivity contribution in [1.29, 1.82) is 0 Å². The molecule has 78 valence electrons. The number of rotatable bonds is 2. The average molecular weight is 221 g/mol. The zero-order chi connectivity index (χ0) is 10.5. The minimum Gasteiger partial charge on any atom is -0.481 e. The van der Waals surface area contributed by atoms with Crippen LogP contribution < -0.4 is 4.74 Å². The Morgan fingerprint density at radius 3 is 3.00 bits per heavy atom. The van der Waals surface area contributed by atoms with Crippen molar-refractivity contribution in [1.82, 2.24) is 0 Å². The molecule has 1 aliphatic rings. The van der Waals surface area contributed by atoms with Gasteiger partial charge in [0.15, 0.2) is 0 Å². The summed E-state index contributed by atoms with van der Waals surface area (Å²) < 4.78 is 5.59. The van der Waals surface area contributed by atoms with Crippen molar-refractivity contribution < 1.29 is 4.74 Å². The van der Waals surface area contributed by atoms with Crippen molar-refractivity contribution in [2.24, 2.45) is 0 Å². The predicted octanol–water partition coefficient (Wildman–Crippen LogP) is 3.14. The quantitative estimate of drug-likeness (QED) is 0.696. The molecule has 15 heavy (non-hydrogen) atoms. The minimum atomic E-state index is 0.375. The van der Waals surface area contributed by atoms with Gasteiger partial charge in [-0.25, -0.2) is 0 Å². The van der Waals surface area contributed by atoms with Gasteiger partial charge in [-0.05, 0) is 60.4 Å². The molecule has 0 aliphatic heterocycles. The van der Waals surface area contributed by atoms with Gasteiger partial charge in [-0.3, -0.25) is 0 Å². The molecular formula is C13H13ClO. The van der Waals surface area contributed by atoms with Crippen molar-refractivity contribution in [3.8, 4) is 17.0 Å². The summed E-state index contributed by atoms with van der Waals surface area (Å²) in [5.41, 5.74) is 2.79. The Kier molecular flexibility index (Phi) is 3.53. The van der Waals surface area contributed by atoms with Gasteiger partial charge in [0.1, 0.15) is 12.4 Å². The lowest BCUT2D eigenvalue weighted by Crippen LogP contribution is -2.06. The third-order valence-electron chi connectivity index (χ3n) is 2.72. The van der Waals surface area contributed by atoms with Crippen LogP contribution >= 0.6 is 11.6 Å². The van der Waals surface area contributed by atoms with Gasteiger partial charge in [-0.2, -0.15) is 0 Å². The first-order chi connectivity index (χ1) is 7.42. The third-order valence-corrected chi connectivity index (χ3v) is 2.85. The molecule has 0 bridgehead atoms. The van der Waals surface area contributed by atoms with Crippen molar-refractivity contribution in [3.05, 3.63) is 29.3 Å². The number of aryl methyl sites for hydroxylation is 1. The fourth-order valence-corrected chi connectivity index (χ4v) is 2.08. The Balaban J connectivity index is 2.18. The summed E-state index contributed by atoms with van der Waals surface area (Å²) in [4.78, 5) is 0. The molecular weight excluding hydrogens is 208 g/mol. The van der Waals surface area contributed by atoms with Gasteiger partial charge in [0.05, 0.1) is 0 Å². The highest BCUT2D eigenvalue weighted by atomic mass is 35.5. The summed E-state index contributed by atoms with van der Waals surface area (Å²) >= 11 is 5.27. The highest BCUT2D eigenvalue weighted by Crippen LogP contribution is 2.29. The summed E-state index contributed by atoms with van der Waals surface area (Å²) in [6.07, 6.45) is 4.85. The zero-order valence-electron chi connectivity index (χ0n) is 8.55. The Bertz CT molecular complexity index is 401. The first-order valence-corrected chi connectivity index (χ1v) is 5.61. The number of halogens is 1. The summed E-state index contributed by atoms with van der Waals surface area (Å²) in [5, 5.41) is 2.32. The molecule has 0 heterocycles. The van der Waals surface area contributed by atoms with Gasteiger partial charge in [0.2, 0.25) is 0 Å². The molecule has 2 rings (SSSR count). The average Bonchev–Trinajstić information content (AvgIpc) is 2.30. The minimum absolute atomic E-state index is 0.375. The van der Waals surface area contributed by atoms with E-state index in [1.165, 1.54) is 30.4 Å². The highest BCUT2D eigenvalue weighted by Gasteiger charge is 2.13. The van der Waals surface area contributed by atoms with E-state index in [0.717, 1.165) is 12.2 Å². The molecule has 0 N–H and O–H groups in total. The van der Waals surface area contributed by atoms with Gasteiger partial charge >= 0.3 is 0 Å². The van der Waals surface area contributed by atoms with Gasteiger partial charge < -0.3 is 4.74 Å². The van der Waals surface area contributed by atoms with E-state index in [1.54, 1.807) is 0 Å². The van der Waals surface area contributed by atoms with E-state index in [9.17, 15) is 0 Å². The van der Waals surface area contributed by atoms with Crippen LogP contribution in [0.25, 0.3) is 0 Å². The van der Waals surface area contributed by atoms with Crippen molar-refractivity contribution >= 4 is 11.6 Å². The molecule has 0 saturated carbocycles. The molecule has 0 fully saturated rings. The first kappa shape index (κ1) is 10.4. The molecule has 1 aromatic carbocycles. The Morgan fingerprint density at radius 2 is 2.13 bits per heavy atom. The number of fused-ring (bicyclic) bond motifs is 1. The Hall–Kier alpha value is -1.13. The van der Waals surface area contributed by atoms with Gasteiger partial charge in [0, 0.05) is 5.38 Å². The second kappa shape index (κ2) is 5.09. The molecule has 0 atom stereocenters. The lowest BCUT2D eigenvalue weighted by Gasteiger charge is -2.18. The monoisotopic (exact) mass is 220 g/mol. The van der Waals surface area contributed by atoms with E-state index in [1.807, 2.05) is 12.1 Å². The molecule has 0 spiro atoms. The molecule has 2 heteroatoms. The Labute approximate surface area is 95.4 Å². The fraction of sp³-hybridized carbons (Fsp3) is 0.385. The Morgan fingerprint density at radius 1 is 1.27 bits per heavy atom. The van der Waals surface area contributed by atoms with Crippen LogP contribution in [0.4, 0.5) is 0 Å². The second-order valence-corrected chi connectivity index (χ2v) is 3.85. The maximum absolute atomic E-state index is 5.59. The molecule has 1 aromatic rings. The number of hydrogen-bond acceptors (Lipinski definition) is 1. The predicted molar refractivity (Wildman–Crippen MR) is 62.2 cm³/mol. The van der Waals surface area contributed by atoms with Crippen LogP contribution in [0.3, 0.4) is 0 Å². The zero-order valence-corrected chi connectivity index (χ0v) is 9.31. The van der Waals surface area contributed by atoms with Crippen LogP contribution in [-0.2, 0) is 12.8 Å². The molecule has 0 radical (unpaired) electrons. The lowest BCUT2D eigenvalue weighted by molar-refractivity contribution is 0.363. The topological polar surface area (TPSA) is 9.23 Å². The number of hydrogen-bond donors (Lipinski definition) is 0. The van der Waals surface area contributed by atoms with E-state index >= 15 is 0 Å². The molecule has 0 aromatic heterocycles. The summed E-state index contributed by atoms with van der Waals surface area (Å²) in [7, 11) is 0. The van der Waals surface area contributed by atoms with Gasteiger partial charge in [-0.15, -0.1) is 0 Å².